The van der Waals surface area contributed by atoms with Gasteiger partial charge < -0.3 is 10.4 Å². The molecule has 0 aliphatic rings. The van der Waals surface area contributed by atoms with E-state index >= 15 is 0 Å². The van der Waals surface area contributed by atoms with Crippen molar-refractivity contribution in [1.82, 2.24) is 4.98 Å². The first kappa shape index (κ1) is 13.1. The second kappa shape index (κ2) is 5.53. The van der Waals surface area contributed by atoms with Crippen LogP contribution >= 0.6 is 34.2 Å². The van der Waals surface area contributed by atoms with E-state index in [2.05, 4.69) is 32.9 Å². The van der Waals surface area contributed by atoms with Crippen molar-refractivity contribution in [3.8, 4) is 5.75 Å². The van der Waals surface area contributed by atoms with Crippen molar-refractivity contribution < 1.29 is 9.90 Å². The molecule has 0 saturated carbocycles. The van der Waals surface area contributed by atoms with Crippen LogP contribution in [0.2, 0.25) is 5.02 Å². The molecule has 1 amide bonds. The zero-order valence-electron chi connectivity index (χ0n) is 9.02. The Morgan fingerprint density at radius 3 is 2.72 bits per heavy atom. The molecule has 2 rings (SSSR count). The monoisotopic (exact) mass is 374 g/mol. The minimum Gasteiger partial charge on any atom is -0.506 e. The molecule has 2 aromatic rings. The summed E-state index contributed by atoms with van der Waals surface area (Å²) in [5, 5.41) is 12.0. The van der Waals surface area contributed by atoms with Gasteiger partial charge in [0.25, 0.3) is 5.91 Å². The summed E-state index contributed by atoms with van der Waals surface area (Å²) < 4.78 is 0.985. The number of hydrogen-bond acceptors (Lipinski definition) is 3. The second-order valence-electron chi connectivity index (χ2n) is 3.48. The Balaban J connectivity index is 2.16. The third-order valence-electron chi connectivity index (χ3n) is 2.18. The minimum absolute atomic E-state index is 0.0550. The molecule has 0 fully saturated rings. The normalized spacial score (nSPS) is 10.1. The number of carbonyl (C=O) groups is 1. The number of aromatic hydroxyl groups is 1. The fraction of sp³-hybridized carbons (Fsp3) is 0. The van der Waals surface area contributed by atoms with Crippen molar-refractivity contribution in [2.24, 2.45) is 0 Å². The quantitative estimate of drug-likeness (QED) is 0.793. The molecule has 0 radical (unpaired) electrons. The van der Waals surface area contributed by atoms with E-state index in [4.69, 9.17) is 11.6 Å². The van der Waals surface area contributed by atoms with Crippen molar-refractivity contribution >= 4 is 45.9 Å². The van der Waals surface area contributed by atoms with E-state index in [1.54, 1.807) is 12.3 Å². The Morgan fingerprint density at radius 1 is 1.33 bits per heavy atom. The Labute approximate surface area is 122 Å². The van der Waals surface area contributed by atoms with Crippen LogP contribution in [0.4, 0.5) is 5.82 Å². The standard InChI is InChI=1S/C12H8ClIN2O2/c13-9-5-7(1-3-10(9)17)12(18)16-11-4-2-8(14)6-15-11/h1-6,17H,(H,15,16,18). The van der Waals surface area contributed by atoms with Gasteiger partial charge in [-0.05, 0) is 52.9 Å². The van der Waals surface area contributed by atoms with Gasteiger partial charge >= 0.3 is 0 Å². The fourth-order valence-electron chi connectivity index (χ4n) is 1.29. The fourth-order valence-corrected chi connectivity index (χ4v) is 1.79. The van der Waals surface area contributed by atoms with Crippen LogP contribution in [0.25, 0.3) is 0 Å². The van der Waals surface area contributed by atoms with Gasteiger partial charge in [0.05, 0.1) is 5.02 Å². The number of phenols is 1. The molecule has 0 saturated heterocycles. The first-order valence-corrected chi connectivity index (χ1v) is 6.43. The largest absolute Gasteiger partial charge is 0.506 e. The van der Waals surface area contributed by atoms with E-state index < -0.39 is 0 Å². The van der Waals surface area contributed by atoms with E-state index in [1.807, 2.05) is 6.07 Å². The van der Waals surface area contributed by atoms with Gasteiger partial charge in [-0.25, -0.2) is 4.98 Å². The number of rotatable bonds is 2. The average Bonchev–Trinajstić information content (AvgIpc) is 2.35. The molecule has 1 aromatic heterocycles. The van der Waals surface area contributed by atoms with Gasteiger partial charge in [0.1, 0.15) is 11.6 Å². The van der Waals surface area contributed by atoms with Gasteiger partial charge in [-0.3, -0.25) is 4.79 Å². The summed E-state index contributed by atoms with van der Waals surface area (Å²) in [6, 6.07) is 7.81. The number of halogens is 2. The molecule has 1 heterocycles. The highest BCUT2D eigenvalue weighted by Crippen LogP contribution is 2.23. The highest BCUT2D eigenvalue weighted by Gasteiger charge is 2.09. The average molecular weight is 375 g/mol. The number of carbonyl (C=O) groups excluding carboxylic acids is 1. The van der Waals surface area contributed by atoms with Crippen LogP contribution in [0.3, 0.4) is 0 Å². The summed E-state index contributed by atoms with van der Waals surface area (Å²) in [4.78, 5) is 15.9. The lowest BCUT2D eigenvalue weighted by Gasteiger charge is -2.05. The van der Waals surface area contributed by atoms with Crippen LogP contribution in [0.5, 0.6) is 5.75 Å². The van der Waals surface area contributed by atoms with Crippen LogP contribution < -0.4 is 5.32 Å². The maximum Gasteiger partial charge on any atom is 0.256 e. The van der Waals surface area contributed by atoms with Crippen LogP contribution in [0.1, 0.15) is 10.4 Å². The lowest BCUT2D eigenvalue weighted by Crippen LogP contribution is -2.12. The lowest BCUT2D eigenvalue weighted by molar-refractivity contribution is 0.102. The van der Waals surface area contributed by atoms with Crippen LogP contribution in [0, 0.1) is 3.57 Å². The smallest absolute Gasteiger partial charge is 0.256 e. The molecule has 0 unspecified atom stereocenters. The Bertz CT molecular complexity index is 587. The van der Waals surface area contributed by atoms with Gasteiger partial charge in [-0.1, -0.05) is 11.6 Å². The number of nitrogens with one attached hydrogen (secondary N) is 1. The molecule has 0 aliphatic heterocycles. The van der Waals surface area contributed by atoms with Gasteiger partial charge in [-0.15, -0.1) is 0 Å². The number of phenolic OH excluding ortho intramolecular Hbond substituents is 1. The molecule has 18 heavy (non-hydrogen) atoms. The molecular formula is C12H8ClIN2O2. The summed E-state index contributed by atoms with van der Waals surface area (Å²) in [7, 11) is 0. The molecule has 0 spiro atoms. The van der Waals surface area contributed by atoms with Gasteiger partial charge in [-0.2, -0.15) is 0 Å². The van der Waals surface area contributed by atoms with Crippen LogP contribution in [0.15, 0.2) is 36.5 Å². The maximum atomic E-state index is 11.9. The summed E-state index contributed by atoms with van der Waals surface area (Å²) in [5.41, 5.74) is 0.359. The third-order valence-corrected chi connectivity index (χ3v) is 3.12. The van der Waals surface area contributed by atoms with Gasteiger partial charge in [0, 0.05) is 15.3 Å². The molecule has 0 atom stereocenters. The van der Waals surface area contributed by atoms with E-state index in [0.29, 0.717) is 11.4 Å². The molecule has 92 valence electrons. The van der Waals surface area contributed by atoms with E-state index in [0.717, 1.165) is 3.57 Å². The number of anilines is 1. The van der Waals surface area contributed by atoms with Gasteiger partial charge in [0.2, 0.25) is 0 Å². The minimum atomic E-state index is -0.328. The van der Waals surface area contributed by atoms with Crippen molar-refractivity contribution in [3.63, 3.8) is 0 Å². The third kappa shape index (κ3) is 3.11. The highest BCUT2D eigenvalue weighted by atomic mass is 127. The van der Waals surface area contributed by atoms with E-state index in [9.17, 15) is 9.90 Å². The number of aromatic nitrogens is 1. The van der Waals surface area contributed by atoms with Crippen LogP contribution in [-0.4, -0.2) is 16.0 Å². The first-order chi connectivity index (χ1) is 8.56. The lowest BCUT2D eigenvalue weighted by atomic mass is 10.2. The van der Waals surface area contributed by atoms with Crippen molar-refractivity contribution in [2.45, 2.75) is 0 Å². The molecule has 4 nitrogen and oxygen atoms in total. The number of nitrogens with zero attached hydrogens (tertiary/aromatic N) is 1. The zero-order chi connectivity index (χ0) is 13.1. The van der Waals surface area contributed by atoms with Crippen molar-refractivity contribution in [1.29, 1.82) is 0 Å². The van der Waals surface area contributed by atoms with Gasteiger partial charge in [0.15, 0.2) is 0 Å². The summed E-state index contributed by atoms with van der Waals surface area (Å²) in [6.07, 6.45) is 1.65. The number of hydrogen-bond donors (Lipinski definition) is 2. The first-order valence-electron chi connectivity index (χ1n) is 4.97. The molecule has 0 aliphatic carbocycles. The molecular weight excluding hydrogens is 367 g/mol. The summed E-state index contributed by atoms with van der Waals surface area (Å²) in [6.45, 7) is 0. The summed E-state index contributed by atoms with van der Waals surface area (Å²) >= 11 is 7.86. The van der Waals surface area contributed by atoms with E-state index in [1.165, 1.54) is 18.2 Å². The predicted molar refractivity (Wildman–Crippen MR) is 78.0 cm³/mol. The SMILES string of the molecule is O=C(Nc1ccc(I)cn1)c1ccc(O)c(Cl)c1. The number of benzene rings is 1. The van der Waals surface area contributed by atoms with Crippen molar-refractivity contribution in [2.75, 3.05) is 5.32 Å². The maximum absolute atomic E-state index is 11.9. The van der Waals surface area contributed by atoms with Crippen LogP contribution in [-0.2, 0) is 0 Å². The second-order valence-corrected chi connectivity index (χ2v) is 5.13. The zero-order valence-corrected chi connectivity index (χ0v) is 11.9. The Kier molecular flexibility index (Phi) is 4.03. The Morgan fingerprint density at radius 2 is 2.11 bits per heavy atom. The number of pyridine rings is 1. The van der Waals surface area contributed by atoms with Crippen molar-refractivity contribution in [3.05, 3.63) is 50.7 Å². The van der Waals surface area contributed by atoms with E-state index in [-0.39, 0.29) is 16.7 Å². The summed E-state index contributed by atoms with van der Waals surface area (Å²) in [5.74, 6) is 0.0795. The molecule has 2 N–H and O–H groups in total. The predicted octanol–water partition coefficient (Wildman–Crippen LogP) is 3.30. The molecule has 1 aromatic carbocycles. The molecule has 0 bridgehead atoms. The molecule has 6 heteroatoms. The highest BCUT2D eigenvalue weighted by molar-refractivity contribution is 14.1. The topological polar surface area (TPSA) is 62.2 Å². The Hall–Kier alpha value is -1.34. The number of amides is 1.